The molecule has 0 saturated heterocycles. The van der Waals surface area contributed by atoms with Crippen molar-refractivity contribution in [2.24, 2.45) is 0 Å². The van der Waals surface area contributed by atoms with Gasteiger partial charge in [-0.15, -0.1) is 0 Å². The van der Waals surface area contributed by atoms with Gasteiger partial charge in [-0.3, -0.25) is 4.57 Å². The first-order valence-corrected chi connectivity index (χ1v) is 32.5. The van der Waals surface area contributed by atoms with Crippen molar-refractivity contribution in [1.29, 1.82) is 0 Å². The number of benzene rings is 13. The Bertz CT molecular complexity index is 6790. The quantitative estimate of drug-likeness (QED) is 0.115. The molecule has 0 atom stereocenters. The summed E-state index contributed by atoms with van der Waals surface area (Å²) >= 11 is 0. The van der Waals surface area contributed by atoms with Gasteiger partial charge in [0.15, 0.2) is 0 Å². The van der Waals surface area contributed by atoms with Crippen molar-refractivity contribution >= 4 is 66.4 Å². The number of aromatic nitrogens is 3. The second-order valence-electron chi connectivity index (χ2n) is 26.5. The van der Waals surface area contributed by atoms with Crippen LogP contribution in [0.1, 0.15) is 80.1 Å². The molecule has 0 spiro atoms. The van der Waals surface area contributed by atoms with Crippen LogP contribution in [0.15, 0.2) is 321 Å². The number of anilines is 4. The number of para-hydroxylation sites is 5. The first-order valence-electron chi connectivity index (χ1n) is 42.5. The summed E-state index contributed by atoms with van der Waals surface area (Å²) in [7, 11) is 0. The molecule has 478 valence electrons. The van der Waals surface area contributed by atoms with E-state index in [2.05, 4.69) is 41.0 Å². The van der Waals surface area contributed by atoms with Crippen molar-refractivity contribution in [2.75, 3.05) is 16.5 Å². The van der Waals surface area contributed by atoms with Gasteiger partial charge in [0, 0.05) is 79.6 Å². The maximum Gasteiger partial charge on any atom is 0.143 e. The summed E-state index contributed by atoms with van der Waals surface area (Å²) in [4.78, 5) is 8.94. The third-order valence-electron chi connectivity index (χ3n) is 18.3. The van der Waals surface area contributed by atoms with E-state index in [9.17, 15) is 11.0 Å². The van der Waals surface area contributed by atoms with Crippen LogP contribution in [0.5, 0.6) is 23.0 Å². The van der Waals surface area contributed by atoms with Gasteiger partial charge in [0.25, 0.3) is 0 Å². The smallest absolute Gasteiger partial charge is 0.143 e. The second kappa shape index (κ2) is 24.5. The molecule has 7 nitrogen and oxygen atoms in total. The van der Waals surface area contributed by atoms with Crippen LogP contribution in [-0.2, 0) is 10.8 Å². The highest BCUT2D eigenvalue weighted by molar-refractivity contribution is 6.12. The van der Waals surface area contributed by atoms with E-state index in [4.69, 9.17) is 30.9 Å². The Morgan fingerprint density at radius 1 is 0.343 bits per heavy atom. The maximum atomic E-state index is 9.56. The van der Waals surface area contributed by atoms with Crippen molar-refractivity contribution in [3.8, 4) is 90.1 Å². The first kappa shape index (κ1) is 42.4. The van der Waals surface area contributed by atoms with Crippen LogP contribution in [0.4, 0.5) is 22.7 Å². The van der Waals surface area contributed by atoms with Gasteiger partial charge < -0.3 is 23.8 Å². The summed E-state index contributed by atoms with van der Waals surface area (Å²) in [6.07, 6.45) is 1.59. The molecule has 0 N–H and O–H groups in total. The molecule has 3 aromatic heterocycles. The summed E-state index contributed by atoms with van der Waals surface area (Å²) in [6, 6.07) is 50.0. The highest BCUT2D eigenvalue weighted by Crippen LogP contribution is 2.52. The topological polar surface area (TPSA) is 47.7 Å². The van der Waals surface area contributed by atoms with Crippen LogP contribution >= 0.6 is 0 Å². The fourth-order valence-electron chi connectivity index (χ4n) is 13.5. The third kappa shape index (κ3) is 11.1. The van der Waals surface area contributed by atoms with E-state index < -0.39 is 132 Å². The lowest BCUT2D eigenvalue weighted by molar-refractivity contribution is 0.483. The average Bonchev–Trinajstić information content (AvgIpc) is 1.69. The lowest BCUT2D eigenvalue weighted by atomic mass is 9.80. The minimum atomic E-state index is -0.656. The maximum absolute atomic E-state index is 9.56. The summed E-state index contributed by atoms with van der Waals surface area (Å²) in [5.41, 5.74) is 7.60. The minimum absolute atomic E-state index is 0.00165. The SMILES string of the molecule is [2H]c1c([2H])c([2H])c(-c2cc(-c3cc(C(C)(C)C)cc(-c4c([2H])c([2H])c([2H])c([2H])c4[2H])c3Oc3ccnc(-n4c5ccc(-n6c7ccccc7c7ccccc76)cc5c5ccc(Oc6cccc(N7CN(c8c(-c9c([2H])c([2H])c([2H])c([2H])c9[2H])cccc8-c8c([2H])c([2H])c([2H])c([2H])c8[2H])c8ccccc87)c6)cc54)c3)cc(C(C)(C)C)c2)c([2H])c1[2H]. The predicted molar refractivity (Wildman–Crippen MR) is 413 cm³/mol. The molecule has 0 amide bonds. The van der Waals surface area contributed by atoms with Crippen LogP contribution in [0.25, 0.3) is 111 Å². The summed E-state index contributed by atoms with van der Waals surface area (Å²) < 4.78 is 198. The molecular weight excluding hydrogens is 1210 g/mol. The third-order valence-corrected chi connectivity index (χ3v) is 18.3. The molecule has 0 saturated carbocycles. The van der Waals surface area contributed by atoms with E-state index >= 15 is 0 Å². The molecule has 0 bridgehead atoms. The Labute approximate surface area is 606 Å². The average molecular weight is 1300 g/mol. The zero-order valence-corrected chi connectivity index (χ0v) is 54.8. The number of pyridine rings is 1. The second-order valence-corrected chi connectivity index (χ2v) is 26.5. The molecule has 0 aliphatic carbocycles. The molecule has 0 fully saturated rings. The standard InChI is InChI=1S/C92H73N5O2/c1-91(2,3)67-52-65(61-27-11-7-12-28-61)51-66(53-67)80-55-68(92(4,5)6)54-79(64-33-17-10-18-34-64)90(80)99-73-49-50-93-88(59-73)97-84-48-45-70(96-82-41-21-19-37-76(82)77-38-20-22-42-83(77)96)57-81(84)78-47-46-72(58-87(78)97)98-71-36-25-35-69(56-71)94-60-95(86-44-24-23-43-85(86)94)89-74(62-29-13-8-14-30-62)39-26-40-75(89)63-31-15-9-16-32-63/h7-59H,60H2,1-6H3/i7D,8D,9D,10D,11D,12D,13D,14D,15D,16D,17D,18D,27D,28D,29D,30D,31D,32D,33D,34D. The Kier molecular flexibility index (Phi) is 10.5. The monoisotopic (exact) mass is 1300 g/mol. The van der Waals surface area contributed by atoms with Crippen molar-refractivity contribution < 1.29 is 36.9 Å². The van der Waals surface area contributed by atoms with E-state index in [1.54, 1.807) is 48.7 Å². The number of hydrogen-bond donors (Lipinski definition) is 0. The highest BCUT2D eigenvalue weighted by atomic mass is 16.5. The zero-order valence-electron chi connectivity index (χ0n) is 74.8. The number of ether oxygens (including phenoxy) is 2. The lowest BCUT2D eigenvalue weighted by Crippen LogP contribution is -2.24. The van der Waals surface area contributed by atoms with Crippen molar-refractivity contribution in [2.45, 2.75) is 52.4 Å². The Morgan fingerprint density at radius 3 is 1.49 bits per heavy atom. The molecule has 1 aliphatic heterocycles. The van der Waals surface area contributed by atoms with Crippen molar-refractivity contribution in [3.63, 3.8) is 0 Å². The summed E-state index contributed by atoms with van der Waals surface area (Å²) in [5, 5.41) is 3.78. The molecule has 0 unspecified atom stereocenters. The van der Waals surface area contributed by atoms with E-state index in [1.807, 2.05) is 171 Å². The molecule has 16 aromatic rings. The zero-order chi connectivity index (χ0) is 84.3. The van der Waals surface area contributed by atoms with Gasteiger partial charge in [-0.25, -0.2) is 4.98 Å². The van der Waals surface area contributed by atoms with E-state index in [0.29, 0.717) is 62.1 Å². The van der Waals surface area contributed by atoms with Crippen LogP contribution in [-0.4, -0.2) is 20.8 Å². The van der Waals surface area contributed by atoms with Crippen LogP contribution in [0.3, 0.4) is 0 Å². The lowest BCUT2D eigenvalue weighted by Gasteiger charge is -2.27. The van der Waals surface area contributed by atoms with Crippen LogP contribution < -0.4 is 19.3 Å². The molecule has 4 heterocycles. The number of rotatable bonds is 13. The fraction of sp³-hybridized carbons (Fsp3) is 0.0978. The molecule has 7 heteroatoms. The van der Waals surface area contributed by atoms with Gasteiger partial charge in [0.2, 0.25) is 0 Å². The summed E-state index contributed by atoms with van der Waals surface area (Å²) in [5.74, 6) is 1.45. The van der Waals surface area contributed by atoms with Gasteiger partial charge in [-0.1, -0.05) is 247 Å². The van der Waals surface area contributed by atoms with Gasteiger partial charge in [0.05, 0.1) is 66.5 Å². The summed E-state index contributed by atoms with van der Waals surface area (Å²) in [6.45, 7) is 11.9. The van der Waals surface area contributed by atoms with Gasteiger partial charge in [-0.05, 0) is 146 Å². The minimum Gasteiger partial charge on any atom is -0.457 e. The predicted octanol–water partition coefficient (Wildman–Crippen LogP) is 25.0. The largest absolute Gasteiger partial charge is 0.457 e. The molecule has 99 heavy (non-hydrogen) atoms. The van der Waals surface area contributed by atoms with Crippen LogP contribution in [0.2, 0.25) is 0 Å². The fourth-order valence-corrected chi connectivity index (χ4v) is 13.5. The first-order chi connectivity index (χ1) is 56.6. The van der Waals surface area contributed by atoms with Crippen LogP contribution in [0, 0.1) is 0 Å². The molecule has 1 aliphatic rings. The normalized spacial score (nSPS) is 15.3. The Hall–Kier alpha value is -12.2. The van der Waals surface area contributed by atoms with Gasteiger partial charge in [0.1, 0.15) is 35.5 Å². The van der Waals surface area contributed by atoms with E-state index in [0.717, 1.165) is 49.3 Å². The van der Waals surface area contributed by atoms with E-state index in [-0.39, 0.29) is 62.8 Å². The Balaban J connectivity index is 0.830. The molecule has 0 radical (unpaired) electrons. The van der Waals surface area contributed by atoms with Crippen molar-refractivity contribution in [3.05, 3.63) is 332 Å². The number of fused-ring (bicyclic) bond motifs is 7. The molecule has 13 aromatic carbocycles. The van der Waals surface area contributed by atoms with Gasteiger partial charge >= 0.3 is 0 Å². The molecular formula is C92H73N5O2. The van der Waals surface area contributed by atoms with E-state index in [1.165, 1.54) is 0 Å². The van der Waals surface area contributed by atoms with Gasteiger partial charge in [-0.2, -0.15) is 0 Å². The molecule has 17 rings (SSSR count). The van der Waals surface area contributed by atoms with Crippen molar-refractivity contribution in [1.82, 2.24) is 14.1 Å². The number of nitrogens with zero attached hydrogens (tertiary/aromatic N) is 5. The Morgan fingerprint density at radius 2 is 0.859 bits per heavy atom. The highest BCUT2D eigenvalue weighted by Gasteiger charge is 2.32. The number of hydrogen-bond acceptors (Lipinski definition) is 5.